The summed E-state index contributed by atoms with van der Waals surface area (Å²) in [5.41, 5.74) is 1.79. The molecule has 5 aliphatic carbocycles. The molecule has 2 heteroatoms. The quantitative estimate of drug-likeness (QED) is 0.688. The summed E-state index contributed by atoms with van der Waals surface area (Å²) in [4.78, 5) is 12.0. The predicted molar refractivity (Wildman–Crippen MR) is 92.8 cm³/mol. The Morgan fingerprint density at radius 1 is 1.12 bits per heavy atom. The molecular weight excluding hydrogens is 294 g/mol. The lowest BCUT2D eigenvalue weighted by molar-refractivity contribution is -0.116. The van der Waals surface area contributed by atoms with E-state index in [9.17, 15) is 10.1 Å². The van der Waals surface area contributed by atoms with Crippen LogP contribution in [0, 0.1) is 58.2 Å². The van der Waals surface area contributed by atoms with Crippen LogP contribution in [0.2, 0.25) is 0 Å². The fraction of sp³-hybridized carbons (Fsp3) is 0.818. The fourth-order valence-electron chi connectivity index (χ4n) is 7.50. The van der Waals surface area contributed by atoms with Crippen molar-refractivity contribution in [2.24, 2.45) is 46.8 Å². The number of allylic oxidation sites excluding steroid dienone is 1. The smallest absolute Gasteiger partial charge is 0.155 e. The van der Waals surface area contributed by atoms with Gasteiger partial charge in [-0.3, -0.25) is 4.79 Å². The number of nitrogens with zero attached hydrogens (tertiary/aromatic N) is 1. The Morgan fingerprint density at radius 2 is 1.96 bits per heavy atom. The second-order valence-corrected chi connectivity index (χ2v) is 9.69. The minimum absolute atomic E-state index is 0.273. The van der Waals surface area contributed by atoms with Crippen molar-refractivity contribution in [3.63, 3.8) is 0 Å². The van der Waals surface area contributed by atoms with E-state index in [2.05, 4.69) is 13.0 Å². The predicted octanol–water partition coefficient (Wildman–Crippen LogP) is 4.90. The van der Waals surface area contributed by atoms with E-state index in [1.807, 2.05) is 6.08 Å². The molecule has 0 unspecified atom stereocenters. The molecule has 5 rings (SSSR count). The zero-order valence-corrected chi connectivity index (χ0v) is 14.8. The lowest BCUT2D eigenvalue weighted by Crippen LogP contribution is -2.50. The first-order valence-electron chi connectivity index (χ1n) is 10.2. The van der Waals surface area contributed by atoms with Crippen LogP contribution in [0.3, 0.4) is 0 Å². The molecule has 0 aliphatic heterocycles. The molecule has 5 aliphatic rings. The van der Waals surface area contributed by atoms with Crippen molar-refractivity contribution in [1.82, 2.24) is 0 Å². The summed E-state index contributed by atoms with van der Waals surface area (Å²) in [5, 5.41) is 9.67. The summed E-state index contributed by atoms with van der Waals surface area (Å²) in [6.45, 7) is 2.44. The molecule has 24 heavy (non-hydrogen) atoms. The highest BCUT2D eigenvalue weighted by molar-refractivity contribution is 5.91. The molecule has 0 aromatic heterocycles. The van der Waals surface area contributed by atoms with Gasteiger partial charge >= 0.3 is 0 Å². The highest BCUT2D eigenvalue weighted by Gasteiger charge is 2.60. The number of carbonyl (C=O) groups is 1. The average Bonchev–Trinajstić information content (AvgIpc) is 3.35. The van der Waals surface area contributed by atoms with Gasteiger partial charge in [-0.15, -0.1) is 0 Å². The Hall–Kier alpha value is -1.10. The van der Waals surface area contributed by atoms with E-state index in [0.29, 0.717) is 11.7 Å². The van der Waals surface area contributed by atoms with Gasteiger partial charge in [0.15, 0.2) is 5.78 Å². The van der Waals surface area contributed by atoms with Gasteiger partial charge in [-0.05, 0) is 98.4 Å². The van der Waals surface area contributed by atoms with E-state index in [-0.39, 0.29) is 11.3 Å². The number of nitriles is 1. The molecule has 2 nitrogen and oxygen atoms in total. The van der Waals surface area contributed by atoms with E-state index in [1.165, 1.54) is 44.1 Å². The van der Waals surface area contributed by atoms with Crippen LogP contribution in [-0.4, -0.2) is 5.78 Å². The van der Waals surface area contributed by atoms with Gasteiger partial charge in [0.1, 0.15) is 0 Å². The topological polar surface area (TPSA) is 40.9 Å². The number of hydrogen-bond acceptors (Lipinski definition) is 2. The molecule has 0 aromatic rings. The van der Waals surface area contributed by atoms with E-state index < -0.39 is 0 Å². The number of hydrogen-bond donors (Lipinski definition) is 0. The Morgan fingerprint density at radius 3 is 2.71 bits per heavy atom. The molecule has 0 amide bonds. The monoisotopic (exact) mass is 323 g/mol. The summed E-state index contributed by atoms with van der Waals surface area (Å²) in [6.07, 6.45) is 12.9. The fourth-order valence-corrected chi connectivity index (χ4v) is 7.50. The van der Waals surface area contributed by atoms with Crippen LogP contribution < -0.4 is 0 Å². The highest BCUT2D eigenvalue weighted by Crippen LogP contribution is 2.67. The van der Waals surface area contributed by atoms with Crippen LogP contribution in [-0.2, 0) is 4.79 Å². The van der Waals surface area contributed by atoms with Gasteiger partial charge in [0.05, 0.1) is 12.0 Å². The second-order valence-electron chi connectivity index (χ2n) is 9.69. The molecule has 7 atom stereocenters. The van der Waals surface area contributed by atoms with Crippen molar-refractivity contribution in [2.45, 2.75) is 64.7 Å². The third-order valence-corrected chi connectivity index (χ3v) is 8.78. The molecule has 0 bridgehead atoms. The maximum Gasteiger partial charge on any atom is 0.155 e. The van der Waals surface area contributed by atoms with Gasteiger partial charge < -0.3 is 0 Å². The lowest BCUT2D eigenvalue weighted by atomic mass is 9.48. The molecule has 4 saturated carbocycles. The lowest BCUT2D eigenvalue weighted by Gasteiger charge is -2.56. The molecule has 4 fully saturated rings. The van der Waals surface area contributed by atoms with E-state index in [1.54, 1.807) is 0 Å². The summed E-state index contributed by atoms with van der Waals surface area (Å²) in [5.74, 6) is 5.49. The van der Waals surface area contributed by atoms with E-state index >= 15 is 0 Å². The van der Waals surface area contributed by atoms with Gasteiger partial charge in [-0.2, -0.15) is 5.26 Å². The van der Waals surface area contributed by atoms with Gasteiger partial charge in [0, 0.05) is 6.42 Å². The maximum absolute atomic E-state index is 12.0. The zero-order chi connectivity index (χ0) is 16.5. The third kappa shape index (κ3) is 2.03. The van der Waals surface area contributed by atoms with E-state index in [4.69, 9.17) is 0 Å². The summed E-state index contributed by atoms with van der Waals surface area (Å²) >= 11 is 0. The minimum Gasteiger partial charge on any atom is -0.295 e. The standard InChI is InChI=1S/C22H29NO/c1-22-9-8-18-17-6-5-16(24)10-14(17)11-19(13-2-3-13)21(18)20(22)7-4-15(22)12-23/h10,13,15,17-21H,2-9,11H2,1H3/t15-,17+,18-,19-,20+,21+,22-/m1/s1. The van der Waals surface area contributed by atoms with Crippen molar-refractivity contribution in [2.75, 3.05) is 0 Å². The third-order valence-electron chi connectivity index (χ3n) is 8.78. The summed E-state index contributed by atoms with van der Waals surface area (Å²) in [7, 11) is 0. The van der Waals surface area contributed by atoms with Crippen LogP contribution in [0.15, 0.2) is 11.6 Å². The van der Waals surface area contributed by atoms with Gasteiger partial charge in [-0.25, -0.2) is 0 Å². The largest absolute Gasteiger partial charge is 0.295 e. The highest BCUT2D eigenvalue weighted by atomic mass is 16.1. The molecule has 0 radical (unpaired) electrons. The molecule has 0 saturated heterocycles. The van der Waals surface area contributed by atoms with Crippen LogP contribution in [0.4, 0.5) is 0 Å². The summed E-state index contributed by atoms with van der Waals surface area (Å²) < 4.78 is 0. The number of fused-ring (bicyclic) bond motifs is 5. The molecule has 0 N–H and O–H groups in total. The number of ketones is 1. The van der Waals surface area contributed by atoms with Crippen molar-refractivity contribution in [3.8, 4) is 6.07 Å². The first kappa shape index (κ1) is 15.2. The maximum atomic E-state index is 12.0. The van der Waals surface area contributed by atoms with Crippen LogP contribution >= 0.6 is 0 Å². The normalized spacial score (nSPS) is 50.3. The zero-order valence-electron chi connectivity index (χ0n) is 14.8. The molecule has 0 spiro atoms. The first-order chi connectivity index (χ1) is 11.6. The van der Waals surface area contributed by atoms with Crippen molar-refractivity contribution < 1.29 is 4.79 Å². The molecule has 0 heterocycles. The second kappa shape index (κ2) is 5.20. The van der Waals surface area contributed by atoms with Crippen molar-refractivity contribution >= 4 is 5.78 Å². The summed E-state index contributed by atoms with van der Waals surface area (Å²) in [6, 6.07) is 2.66. The van der Waals surface area contributed by atoms with Crippen molar-refractivity contribution in [1.29, 1.82) is 5.26 Å². The Labute approximate surface area is 145 Å². The first-order valence-corrected chi connectivity index (χ1v) is 10.2. The molecule has 128 valence electrons. The Kier molecular flexibility index (Phi) is 3.29. The molecular formula is C22H29NO. The van der Waals surface area contributed by atoms with Crippen LogP contribution in [0.1, 0.15) is 64.7 Å². The molecule has 0 aromatic carbocycles. The van der Waals surface area contributed by atoms with Crippen LogP contribution in [0.5, 0.6) is 0 Å². The number of rotatable bonds is 1. The Balaban J connectivity index is 1.53. The SMILES string of the molecule is C[C@]12CC[C@H]3[C@@H]([C@@H](C4CC4)CC4=CC(=O)CC[C@@H]43)[C@@H]1CC[C@@H]2C#N. The Bertz CT molecular complexity index is 639. The minimum atomic E-state index is 0.273. The van der Waals surface area contributed by atoms with Gasteiger partial charge in [0.2, 0.25) is 0 Å². The average molecular weight is 323 g/mol. The van der Waals surface area contributed by atoms with Gasteiger partial charge in [0.25, 0.3) is 0 Å². The van der Waals surface area contributed by atoms with Crippen LogP contribution in [0.25, 0.3) is 0 Å². The number of carbonyl (C=O) groups excluding carboxylic acids is 1. The van der Waals surface area contributed by atoms with E-state index in [0.717, 1.165) is 48.9 Å². The van der Waals surface area contributed by atoms with Crippen molar-refractivity contribution in [3.05, 3.63) is 11.6 Å². The van der Waals surface area contributed by atoms with Gasteiger partial charge in [-0.1, -0.05) is 12.5 Å².